The number of hydrogen-bond acceptors (Lipinski definition) is 5. The molecule has 1 aromatic rings. The quantitative estimate of drug-likeness (QED) is 0.799. The summed E-state index contributed by atoms with van der Waals surface area (Å²) in [5, 5.41) is 3.93. The molecule has 2 N–H and O–H groups in total. The van der Waals surface area contributed by atoms with Gasteiger partial charge in [-0.25, -0.2) is 0 Å². The van der Waals surface area contributed by atoms with E-state index in [1.54, 1.807) is 0 Å². The Labute approximate surface area is 96.4 Å². The van der Waals surface area contributed by atoms with Crippen molar-refractivity contribution in [2.75, 3.05) is 6.61 Å². The average molecular weight is 227 g/mol. The number of aryl methyl sites for hydroxylation is 1. The van der Waals surface area contributed by atoms with Gasteiger partial charge in [-0.1, -0.05) is 5.16 Å². The second kappa shape index (κ2) is 5.41. The maximum atomic E-state index is 5.67. The lowest BCUT2D eigenvalue weighted by Gasteiger charge is -2.19. The SMILES string of the molecule is CCOC(C)(C)c1noc(CCC(C)N)n1. The van der Waals surface area contributed by atoms with Crippen LogP contribution >= 0.6 is 0 Å². The lowest BCUT2D eigenvalue weighted by atomic mass is 10.1. The first kappa shape index (κ1) is 13.1. The standard InChI is InChI=1S/C11H21N3O2/c1-5-15-11(3,4)10-13-9(16-14-10)7-6-8(2)12/h8H,5-7,12H2,1-4H3. The Kier molecular flexibility index (Phi) is 4.44. The van der Waals surface area contributed by atoms with Crippen molar-refractivity contribution in [1.82, 2.24) is 10.1 Å². The van der Waals surface area contributed by atoms with Gasteiger partial charge in [0.05, 0.1) is 0 Å². The number of nitrogens with zero attached hydrogens (tertiary/aromatic N) is 2. The third-order valence-electron chi connectivity index (χ3n) is 2.33. The highest BCUT2D eigenvalue weighted by atomic mass is 16.5. The van der Waals surface area contributed by atoms with E-state index < -0.39 is 5.60 Å². The van der Waals surface area contributed by atoms with Gasteiger partial charge in [-0.05, 0) is 34.1 Å². The van der Waals surface area contributed by atoms with Crippen molar-refractivity contribution in [3.8, 4) is 0 Å². The van der Waals surface area contributed by atoms with Gasteiger partial charge < -0.3 is 15.0 Å². The summed E-state index contributed by atoms with van der Waals surface area (Å²) in [6.45, 7) is 8.38. The van der Waals surface area contributed by atoms with Gasteiger partial charge in [0.2, 0.25) is 11.7 Å². The van der Waals surface area contributed by atoms with Crippen LogP contribution in [0.5, 0.6) is 0 Å². The Bertz CT molecular complexity index is 321. The lowest BCUT2D eigenvalue weighted by Crippen LogP contribution is -2.23. The maximum absolute atomic E-state index is 5.67. The van der Waals surface area contributed by atoms with Crippen LogP contribution < -0.4 is 5.73 Å². The summed E-state index contributed by atoms with van der Waals surface area (Å²) in [4.78, 5) is 4.31. The molecular formula is C11H21N3O2. The molecule has 0 radical (unpaired) electrons. The van der Waals surface area contributed by atoms with Gasteiger partial charge in [-0.15, -0.1) is 0 Å². The first-order valence-corrected chi connectivity index (χ1v) is 5.68. The van der Waals surface area contributed by atoms with Crippen molar-refractivity contribution in [1.29, 1.82) is 0 Å². The molecule has 92 valence electrons. The Morgan fingerprint density at radius 1 is 1.50 bits per heavy atom. The molecule has 0 aliphatic heterocycles. The van der Waals surface area contributed by atoms with Crippen LogP contribution in [0.15, 0.2) is 4.52 Å². The number of hydrogen-bond donors (Lipinski definition) is 1. The minimum Gasteiger partial charge on any atom is -0.368 e. The first-order valence-electron chi connectivity index (χ1n) is 5.68. The molecule has 0 aliphatic rings. The number of nitrogens with two attached hydrogens (primary N) is 1. The Balaban J connectivity index is 2.63. The number of aromatic nitrogens is 2. The second-order valence-corrected chi connectivity index (χ2v) is 4.47. The van der Waals surface area contributed by atoms with Crippen LogP contribution in [-0.2, 0) is 16.8 Å². The highest BCUT2D eigenvalue weighted by Crippen LogP contribution is 2.21. The summed E-state index contributed by atoms with van der Waals surface area (Å²) >= 11 is 0. The Morgan fingerprint density at radius 2 is 2.19 bits per heavy atom. The third kappa shape index (κ3) is 3.57. The van der Waals surface area contributed by atoms with Gasteiger partial charge in [0, 0.05) is 19.1 Å². The van der Waals surface area contributed by atoms with E-state index in [9.17, 15) is 0 Å². The largest absolute Gasteiger partial charge is 0.368 e. The van der Waals surface area contributed by atoms with E-state index in [1.807, 2.05) is 27.7 Å². The Hall–Kier alpha value is -0.940. The molecule has 0 saturated carbocycles. The van der Waals surface area contributed by atoms with E-state index in [0.717, 1.165) is 6.42 Å². The highest BCUT2D eigenvalue weighted by Gasteiger charge is 2.26. The van der Waals surface area contributed by atoms with Crippen LogP contribution in [0.3, 0.4) is 0 Å². The smallest absolute Gasteiger partial charge is 0.226 e. The molecule has 16 heavy (non-hydrogen) atoms. The molecule has 0 spiro atoms. The molecule has 0 fully saturated rings. The minimum absolute atomic E-state index is 0.148. The van der Waals surface area contributed by atoms with E-state index in [0.29, 0.717) is 24.7 Å². The molecular weight excluding hydrogens is 206 g/mol. The van der Waals surface area contributed by atoms with Gasteiger partial charge in [-0.3, -0.25) is 0 Å². The number of rotatable bonds is 6. The molecule has 0 aliphatic carbocycles. The second-order valence-electron chi connectivity index (χ2n) is 4.47. The monoisotopic (exact) mass is 227 g/mol. The van der Waals surface area contributed by atoms with Crippen molar-refractivity contribution >= 4 is 0 Å². The van der Waals surface area contributed by atoms with Crippen LogP contribution in [0.1, 0.15) is 45.8 Å². The van der Waals surface area contributed by atoms with Gasteiger partial charge in [0.25, 0.3) is 0 Å². The Morgan fingerprint density at radius 3 is 2.75 bits per heavy atom. The lowest BCUT2D eigenvalue weighted by molar-refractivity contribution is -0.0221. The molecule has 0 aromatic carbocycles. The molecule has 0 bridgehead atoms. The molecule has 5 heteroatoms. The topological polar surface area (TPSA) is 74.2 Å². The minimum atomic E-state index is -0.495. The molecule has 1 aromatic heterocycles. The zero-order chi connectivity index (χ0) is 12.2. The molecule has 1 atom stereocenters. The van der Waals surface area contributed by atoms with E-state index >= 15 is 0 Å². The summed E-state index contributed by atoms with van der Waals surface area (Å²) in [6, 6.07) is 0.148. The fourth-order valence-corrected chi connectivity index (χ4v) is 1.38. The zero-order valence-electron chi connectivity index (χ0n) is 10.5. The molecule has 1 heterocycles. The molecule has 1 unspecified atom stereocenters. The van der Waals surface area contributed by atoms with E-state index in [1.165, 1.54) is 0 Å². The van der Waals surface area contributed by atoms with Crippen LogP contribution in [0.2, 0.25) is 0 Å². The van der Waals surface area contributed by atoms with Crippen molar-refractivity contribution in [3.63, 3.8) is 0 Å². The van der Waals surface area contributed by atoms with Crippen LogP contribution in [0, 0.1) is 0 Å². The van der Waals surface area contributed by atoms with Crippen LogP contribution in [-0.4, -0.2) is 22.8 Å². The summed E-state index contributed by atoms with van der Waals surface area (Å²) < 4.78 is 10.7. The van der Waals surface area contributed by atoms with Crippen molar-refractivity contribution in [2.45, 2.75) is 52.2 Å². The molecule has 1 rings (SSSR count). The third-order valence-corrected chi connectivity index (χ3v) is 2.33. The predicted octanol–water partition coefficient (Wildman–Crippen LogP) is 1.62. The normalized spacial score (nSPS) is 14.1. The fourth-order valence-electron chi connectivity index (χ4n) is 1.38. The summed E-state index contributed by atoms with van der Waals surface area (Å²) in [7, 11) is 0. The van der Waals surface area contributed by atoms with E-state index in [2.05, 4.69) is 10.1 Å². The molecule has 5 nitrogen and oxygen atoms in total. The van der Waals surface area contributed by atoms with Gasteiger partial charge in [-0.2, -0.15) is 4.98 Å². The summed E-state index contributed by atoms with van der Waals surface area (Å²) in [5.74, 6) is 1.22. The predicted molar refractivity (Wildman–Crippen MR) is 60.9 cm³/mol. The molecule has 0 saturated heterocycles. The maximum Gasteiger partial charge on any atom is 0.226 e. The first-order chi connectivity index (χ1) is 7.45. The zero-order valence-corrected chi connectivity index (χ0v) is 10.5. The van der Waals surface area contributed by atoms with Gasteiger partial charge >= 0.3 is 0 Å². The highest BCUT2D eigenvalue weighted by molar-refractivity contribution is 4.97. The van der Waals surface area contributed by atoms with E-state index in [-0.39, 0.29) is 6.04 Å². The van der Waals surface area contributed by atoms with Crippen LogP contribution in [0.25, 0.3) is 0 Å². The fraction of sp³-hybridized carbons (Fsp3) is 0.818. The van der Waals surface area contributed by atoms with Crippen molar-refractivity contribution in [2.24, 2.45) is 5.73 Å². The average Bonchev–Trinajstić information content (AvgIpc) is 2.63. The summed E-state index contributed by atoms with van der Waals surface area (Å²) in [6.07, 6.45) is 1.56. The van der Waals surface area contributed by atoms with Crippen molar-refractivity contribution in [3.05, 3.63) is 11.7 Å². The number of ether oxygens (including phenoxy) is 1. The van der Waals surface area contributed by atoms with Crippen LogP contribution in [0.4, 0.5) is 0 Å². The van der Waals surface area contributed by atoms with Gasteiger partial charge in [0.1, 0.15) is 5.60 Å². The summed E-state index contributed by atoms with van der Waals surface area (Å²) in [5.41, 5.74) is 5.17. The van der Waals surface area contributed by atoms with Crippen molar-refractivity contribution < 1.29 is 9.26 Å². The van der Waals surface area contributed by atoms with E-state index in [4.69, 9.17) is 15.0 Å². The molecule has 0 amide bonds. The van der Waals surface area contributed by atoms with Gasteiger partial charge in [0.15, 0.2) is 0 Å².